The van der Waals surface area contributed by atoms with Gasteiger partial charge in [-0.1, -0.05) is 38.1 Å². The van der Waals surface area contributed by atoms with Crippen LogP contribution in [0.4, 0.5) is 15.9 Å². The Hall–Kier alpha value is -4.36. The number of anilines is 2. The van der Waals surface area contributed by atoms with Crippen molar-refractivity contribution in [2.45, 2.75) is 37.8 Å². The SMILES string of the molecule is C=CC(=O)N1CCN(c2nc(=O)n(-c3c(C(C)C)ccnc3S(C)(=O)=O)c3nc(-c4c(N)cccc4F)c(Cl)cc23)[C@@H](C)C1. The first-order valence-electron chi connectivity index (χ1n) is 13.8. The summed E-state index contributed by atoms with van der Waals surface area (Å²) in [7, 11) is -3.95. The van der Waals surface area contributed by atoms with Crippen LogP contribution in [0.2, 0.25) is 5.02 Å². The van der Waals surface area contributed by atoms with E-state index in [2.05, 4.69) is 16.5 Å². The van der Waals surface area contributed by atoms with Crippen molar-refractivity contribution in [2.24, 2.45) is 0 Å². The molecule has 230 valence electrons. The molecule has 5 rings (SSSR count). The lowest BCUT2D eigenvalue weighted by Crippen LogP contribution is -2.54. The van der Waals surface area contributed by atoms with Gasteiger partial charge >= 0.3 is 5.69 Å². The number of carbonyl (C=O) groups excluding carboxylic acids is 1. The Morgan fingerprint density at radius 3 is 2.57 bits per heavy atom. The summed E-state index contributed by atoms with van der Waals surface area (Å²) in [5.74, 6) is -0.898. The lowest BCUT2D eigenvalue weighted by atomic mass is 10.0. The molecular weight excluding hydrogens is 609 g/mol. The fraction of sp³-hybridized carbons (Fsp3) is 0.300. The molecule has 1 atom stereocenters. The molecule has 14 heteroatoms. The molecular formula is C30H31ClFN7O4S. The molecule has 1 amide bonds. The normalized spacial score (nSPS) is 15.7. The molecule has 1 aliphatic rings. The fourth-order valence-electron chi connectivity index (χ4n) is 5.50. The standard InChI is InChI=1S/C30H31ClFN7O4S/c1-6-23(40)37-12-13-38(17(4)15-37)27-19-14-20(31)25(24-21(32)8-7-9-22(24)33)35-28(19)39(30(41)36-27)26-18(16(2)3)10-11-34-29(26)44(5,42)43/h6-11,14,16-17H,1,12-13,15,33H2,2-5H3/t17-/m0/s1. The van der Waals surface area contributed by atoms with Crippen molar-refractivity contribution in [1.82, 2.24) is 24.4 Å². The number of hydrogen-bond acceptors (Lipinski definition) is 9. The number of hydrogen-bond donors (Lipinski definition) is 1. The van der Waals surface area contributed by atoms with E-state index in [1.165, 1.54) is 36.5 Å². The molecule has 1 aromatic carbocycles. The minimum absolute atomic E-state index is 0.00391. The largest absolute Gasteiger partial charge is 0.398 e. The number of pyridine rings is 2. The Kier molecular flexibility index (Phi) is 8.21. The minimum Gasteiger partial charge on any atom is -0.398 e. The molecule has 0 spiro atoms. The first-order valence-corrected chi connectivity index (χ1v) is 16.1. The first kappa shape index (κ1) is 31.1. The quantitative estimate of drug-likeness (QED) is 0.245. The summed E-state index contributed by atoms with van der Waals surface area (Å²) in [5.41, 5.74) is 5.77. The van der Waals surface area contributed by atoms with E-state index < -0.39 is 21.3 Å². The van der Waals surface area contributed by atoms with Gasteiger partial charge in [0.25, 0.3) is 0 Å². The van der Waals surface area contributed by atoms with Crippen molar-refractivity contribution in [3.05, 3.63) is 76.1 Å². The maximum absolute atomic E-state index is 15.2. The lowest BCUT2D eigenvalue weighted by molar-refractivity contribution is -0.126. The van der Waals surface area contributed by atoms with Crippen LogP contribution in [0, 0.1) is 5.82 Å². The van der Waals surface area contributed by atoms with E-state index >= 15 is 4.39 Å². The zero-order valence-corrected chi connectivity index (χ0v) is 26.2. The summed E-state index contributed by atoms with van der Waals surface area (Å²) >= 11 is 6.75. The molecule has 0 unspecified atom stereocenters. The van der Waals surface area contributed by atoms with E-state index in [9.17, 15) is 18.0 Å². The Balaban J connectivity index is 1.90. The average Bonchev–Trinajstić information content (AvgIpc) is 2.96. The number of rotatable bonds is 6. The highest BCUT2D eigenvalue weighted by atomic mass is 35.5. The van der Waals surface area contributed by atoms with E-state index in [4.69, 9.17) is 22.3 Å². The van der Waals surface area contributed by atoms with Crippen LogP contribution in [0.25, 0.3) is 28.0 Å². The van der Waals surface area contributed by atoms with Crippen molar-refractivity contribution in [1.29, 1.82) is 0 Å². The Morgan fingerprint density at radius 2 is 1.95 bits per heavy atom. The zero-order chi connectivity index (χ0) is 32.1. The Bertz CT molecular complexity index is 1980. The molecule has 4 heterocycles. The number of aromatic nitrogens is 4. The molecule has 11 nitrogen and oxygen atoms in total. The number of nitrogens with two attached hydrogens (primary N) is 1. The van der Waals surface area contributed by atoms with E-state index in [-0.39, 0.29) is 62.0 Å². The van der Waals surface area contributed by atoms with Gasteiger partial charge in [-0.15, -0.1) is 0 Å². The zero-order valence-electron chi connectivity index (χ0n) is 24.6. The summed E-state index contributed by atoms with van der Waals surface area (Å²) in [4.78, 5) is 43.2. The second-order valence-corrected chi connectivity index (χ2v) is 13.3. The predicted molar refractivity (Wildman–Crippen MR) is 169 cm³/mol. The third-order valence-corrected chi connectivity index (χ3v) is 8.88. The Labute approximate surface area is 258 Å². The predicted octanol–water partition coefficient (Wildman–Crippen LogP) is 3.97. The van der Waals surface area contributed by atoms with Crippen LogP contribution in [0.15, 0.2) is 59.0 Å². The summed E-state index contributed by atoms with van der Waals surface area (Å²) in [6.45, 7) is 10.1. The second-order valence-electron chi connectivity index (χ2n) is 11.0. The number of halogens is 2. The number of piperazine rings is 1. The highest BCUT2D eigenvalue weighted by Crippen LogP contribution is 2.38. The number of sulfone groups is 1. The van der Waals surface area contributed by atoms with E-state index in [1.807, 2.05) is 25.7 Å². The molecule has 2 N–H and O–H groups in total. The molecule has 0 saturated carbocycles. The number of carbonyl (C=O) groups is 1. The smallest absolute Gasteiger partial charge is 0.355 e. The lowest BCUT2D eigenvalue weighted by Gasteiger charge is -2.40. The third-order valence-electron chi connectivity index (χ3n) is 7.59. The molecule has 1 aliphatic heterocycles. The maximum Gasteiger partial charge on any atom is 0.355 e. The van der Waals surface area contributed by atoms with Crippen LogP contribution >= 0.6 is 11.6 Å². The average molecular weight is 640 g/mol. The summed E-state index contributed by atoms with van der Waals surface area (Å²) in [5, 5.41) is 0.00572. The van der Waals surface area contributed by atoms with Gasteiger partial charge in [0.15, 0.2) is 20.5 Å². The highest BCUT2D eigenvalue weighted by molar-refractivity contribution is 7.90. The monoisotopic (exact) mass is 639 g/mol. The van der Waals surface area contributed by atoms with Crippen molar-refractivity contribution in [3.8, 4) is 16.9 Å². The van der Waals surface area contributed by atoms with Crippen molar-refractivity contribution in [3.63, 3.8) is 0 Å². The second kappa shape index (κ2) is 11.6. The van der Waals surface area contributed by atoms with Crippen LogP contribution < -0.4 is 16.3 Å². The topological polar surface area (TPSA) is 144 Å². The van der Waals surface area contributed by atoms with Crippen LogP contribution in [-0.4, -0.2) is 70.7 Å². The van der Waals surface area contributed by atoms with Crippen LogP contribution in [0.3, 0.4) is 0 Å². The summed E-state index contributed by atoms with van der Waals surface area (Å²) in [6, 6.07) is 7.02. The van der Waals surface area contributed by atoms with Crippen LogP contribution in [0.5, 0.6) is 0 Å². The maximum atomic E-state index is 15.2. The number of benzene rings is 1. The van der Waals surface area contributed by atoms with Crippen molar-refractivity contribution >= 4 is 49.9 Å². The summed E-state index contributed by atoms with van der Waals surface area (Å²) in [6.07, 6.45) is 3.61. The van der Waals surface area contributed by atoms with Gasteiger partial charge in [0.05, 0.1) is 27.4 Å². The van der Waals surface area contributed by atoms with E-state index in [1.54, 1.807) is 11.0 Å². The van der Waals surface area contributed by atoms with E-state index in [0.717, 1.165) is 10.8 Å². The minimum atomic E-state index is -3.95. The number of nitrogen functional groups attached to an aromatic ring is 1. The van der Waals surface area contributed by atoms with Crippen LogP contribution in [0.1, 0.15) is 32.3 Å². The van der Waals surface area contributed by atoms with Gasteiger partial charge in [0.1, 0.15) is 11.6 Å². The van der Waals surface area contributed by atoms with Gasteiger partial charge in [-0.25, -0.2) is 32.1 Å². The van der Waals surface area contributed by atoms with E-state index in [0.29, 0.717) is 30.6 Å². The highest BCUT2D eigenvalue weighted by Gasteiger charge is 2.32. The van der Waals surface area contributed by atoms with Gasteiger partial charge < -0.3 is 15.5 Å². The van der Waals surface area contributed by atoms with Gasteiger partial charge in [-0.05, 0) is 48.7 Å². The molecule has 0 aliphatic carbocycles. The van der Waals surface area contributed by atoms with Gasteiger partial charge in [0.2, 0.25) is 5.91 Å². The molecule has 0 bridgehead atoms. The van der Waals surface area contributed by atoms with Crippen molar-refractivity contribution < 1.29 is 17.6 Å². The Morgan fingerprint density at radius 1 is 1.23 bits per heavy atom. The molecule has 4 aromatic rings. The molecule has 3 aromatic heterocycles. The number of nitrogens with zero attached hydrogens (tertiary/aromatic N) is 6. The van der Waals surface area contributed by atoms with Gasteiger partial charge in [0, 0.05) is 43.8 Å². The number of amides is 1. The van der Waals surface area contributed by atoms with Crippen molar-refractivity contribution in [2.75, 3.05) is 36.5 Å². The fourth-order valence-corrected chi connectivity index (χ4v) is 6.56. The first-order chi connectivity index (χ1) is 20.7. The molecule has 0 radical (unpaired) electrons. The molecule has 1 fully saturated rings. The molecule has 1 saturated heterocycles. The number of fused-ring (bicyclic) bond motifs is 1. The summed E-state index contributed by atoms with van der Waals surface area (Å²) < 4.78 is 42.3. The molecule has 44 heavy (non-hydrogen) atoms. The third kappa shape index (κ3) is 5.41. The van der Waals surface area contributed by atoms with Crippen LogP contribution in [-0.2, 0) is 14.6 Å². The van der Waals surface area contributed by atoms with Gasteiger partial charge in [-0.3, -0.25) is 4.79 Å². The van der Waals surface area contributed by atoms with Gasteiger partial charge in [-0.2, -0.15) is 4.98 Å².